The monoisotopic (exact) mass is 386 g/mol. The Hall–Kier alpha value is -0.760. The summed E-state index contributed by atoms with van der Waals surface area (Å²) in [6.07, 6.45) is -4.52. The molecule has 0 atom stereocenters. The molecule has 1 heterocycles. The number of anilines is 1. The molecule has 18 heavy (non-hydrogen) atoms. The molecule has 0 radical (unpaired) electrons. The maximum atomic E-state index is 12.8. The van der Waals surface area contributed by atoms with Crippen molar-refractivity contribution in [2.24, 2.45) is 0 Å². The van der Waals surface area contributed by atoms with Crippen LogP contribution in [0.4, 0.5) is 18.9 Å². The Kier molecular flexibility index (Phi) is 3.35. The summed E-state index contributed by atoms with van der Waals surface area (Å²) in [5.41, 5.74) is 5.01. The number of nitrogens with zero attached hydrogens (tertiary/aromatic N) is 1. The van der Waals surface area contributed by atoms with Crippen LogP contribution in [-0.2, 0) is 6.18 Å². The minimum atomic E-state index is -4.52. The average Bonchev–Trinajstić information content (AvgIpc) is 2.22. The van der Waals surface area contributed by atoms with Crippen LogP contribution < -0.4 is 5.73 Å². The van der Waals surface area contributed by atoms with Gasteiger partial charge in [0.15, 0.2) is 0 Å². The average molecular weight is 387 g/mol. The van der Waals surface area contributed by atoms with Gasteiger partial charge in [-0.3, -0.25) is 0 Å². The molecule has 96 valence electrons. The molecule has 1 aromatic carbocycles. The highest BCUT2D eigenvalue weighted by Crippen LogP contribution is 2.37. The van der Waals surface area contributed by atoms with Crippen molar-refractivity contribution in [1.29, 1.82) is 0 Å². The predicted molar refractivity (Wildman–Crippen MR) is 73.6 cm³/mol. The zero-order valence-corrected chi connectivity index (χ0v) is 12.0. The molecule has 7 heteroatoms. The summed E-state index contributed by atoms with van der Waals surface area (Å²) in [6, 6.07) is 3.07. The summed E-state index contributed by atoms with van der Waals surface area (Å²) in [6.45, 7) is 1.30. The largest absolute Gasteiger partial charge is 0.433 e. The van der Waals surface area contributed by atoms with Gasteiger partial charge in [-0.15, -0.1) is 0 Å². The van der Waals surface area contributed by atoms with Crippen LogP contribution in [0.1, 0.15) is 11.3 Å². The van der Waals surface area contributed by atoms with Gasteiger partial charge in [0.25, 0.3) is 0 Å². The van der Waals surface area contributed by atoms with Crippen LogP contribution in [0.2, 0.25) is 5.02 Å². The van der Waals surface area contributed by atoms with Gasteiger partial charge in [-0.25, -0.2) is 4.98 Å². The normalized spacial score (nSPS) is 12.1. The fourth-order valence-corrected chi connectivity index (χ4v) is 2.84. The highest BCUT2D eigenvalue weighted by Gasteiger charge is 2.36. The zero-order chi connectivity index (χ0) is 13.7. The summed E-state index contributed by atoms with van der Waals surface area (Å²) in [5, 5.41) is 0.858. The number of pyridine rings is 1. The molecule has 0 aliphatic heterocycles. The van der Waals surface area contributed by atoms with E-state index in [1.54, 1.807) is 6.07 Å². The third-order valence-corrected chi connectivity index (χ3v) is 3.61. The highest BCUT2D eigenvalue weighted by molar-refractivity contribution is 14.1. The Labute approximate surface area is 119 Å². The number of fused-ring (bicyclic) bond motifs is 1. The van der Waals surface area contributed by atoms with E-state index in [9.17, 15) is 13.2 Å². The van der Waals surface area contributed by atoms with Crippen molar-refractivity contribution in [2.45, 2.75) is 13.1 Å². The fraction of sp³-hybridized carbons (Fsp3) is 0.182. The number of rotatable bonds is 0. The van der Waals surface area contributed by atoms with Gasteiger partial charge in [-0.2, -0.15) is 13.2 Å². The Bertz CT molecular complexity index is 640. The van der Waals surface area contributed by atoms with Crippen LogP contribution in [0.25, 0.3) is 10.9 Å². The Morgan fingerprint density at radius 1 is 1.33 bits per heavy atom. The Morgan fingerprint density at radius 3 is 2.50 bits per heavy atom. The third kappa shape index (κ3) is 2.23. The van der Waals surface area contributed by atoms with Crippen LogP contribution in [0.5, 0.6) is 0 Å². The lowest BCUT2D eigenvalue weighted by Crippen LogP contribution is -2.13. The lowest BCUT2D eigenvalue weighted by molar-refractivity contribution is -0.141. The number of alkyl halides is 3. The SMILES string of the molecule is Cc1c(C(F)(F)F)nc2c(I)cc(Cl)cc2c1N. The summed E-state index contributed by atoms with van der Waals surface area (Å²) in [7, 11) is 0. The number of halogens is 5. The molecule has 1 aromatic heterocycles. The van der Waals surface area contributed by atoms with Crippen molar-refractivity contribution in [3.63, 3.8) is 0 Å². The highest BCUT2D eigenvalue weighted by atomic mass is 127. The summed E-state index contributed by atoms with van der Waals surface area (Å²) >= 11 is 7.75. The van der Waals surface area contributed by atoms with E-state index >= 15 is 0 Å². The first-order valence-corrected chi connectivity index (χ1v) is 6.29. The first-order valence-electron chi connectivity index (χ1n) is 4.84. The molecule has 0 fully saturated rings. The smallest absolute Gasteiger partial charge is 0.398 e. The van der Waals surface area contributed by atoms with E-state index in [-0.39, 0.29) is 16.8 Å². The van der Waals surface area contributed by atoms with Crippen molar-refractivity contribution < 1.29 is 13.2 Å². The summed E-state index contributed by atoms with van der Waals surface area (Å²) in [5.74, 6) is 0. The molecule has 0 aliphatic carbocycles. The van der Waals surface area contributed by atoms with Crippen LogP contribution in [0.3, 0.4) is 0 Å². The van der Waals surface area contributed by atoms with Crippen molar-refractivity contribution in [2.75, 3.05) is 5.73 Å². The first-order chi connectivity index (χ1) is 8.21. The predicted octanol–water partition coefficient (Wildman–Crippen LogP) is 4.40. The van der Waals surface area contributed by atoms with Crippen LogP contribution in [0.15, 0.2) is 12.1 Å². The van der Waals surface area contributed by atoms with Crippen LogP contribution in [0, 0.1) is 10.5 Å². The fourth-order valence-electron chi connectivity index (χ4n) is 1.69. The van der Waals surface area contributed by atoms with E-state index in [1.165, 1.54) is 13.0 Å². The van der Waals surface area contributed by atoms with E-state index < -0.39 is 11.9 Å². The van der Waals surface area contributed by atoms with Crippen molar-refractivity contribution in [3.8, 4) is 0 Å². The van der Waals surface area contributed by atoms with Crippen molar-refractivity contribution in [3.05, 3.63) is 32.0 Å². The van der Waals surface area contributed by atoms with Gasteiger partial charge < -0.3 is 5.73 Å². The van der Waals surface area contributed by atoms with Crippen LogP contribution in [-0.4, -0.2) is 4.98 Å². The maximum absolute atomic E-state index is 12.8. The van der Waals surface area contributed by atoms with E-state index in [0.29, 0.717) is 14.0 Å². The van der Waals surface area contributed by atoms with E-state index in [1.807, 2.05) is 22.6 Å². The number of hydrogen-bond acceptors (Lipinski definition) is 2. The number of aromatic nitrogens is 1. The standard InChI is InChI=1S/C11H7ClF3IN2/c1-4-8(17)6-2-5(12)3-7(16)9(6)18-10(4)11(13,14)15/h2-3H,1H3,(H2,17,18). The lowest BCUT2D eigenvalue weighted by Gasteiger charge is -2.14. The molecule has 0 saturated carbocycles. The zero-order valence-electron chi connectivity index (χ0n) is 9.07. The van der Waals surface area contributed by atoms with Gasteiger partial charge in [-0.05, 0) is 41.6 Å². The third-order valence-electron chi connectivity index (χ3n) is 2.57. The minimum absolute atomic E-state index is 0.0627. The molecule has 0 spiro atoms. The van der Waals surface area contributed by atoms with Crippen molar-refractivity contribution in [1.82, 2.24) is 4.98 Å². The number of hydrogen-bond donors (Lipinski definition) is 1. The van der Waals surface area contributed by atoms with Gasteiger partial charge in [0.2, 0.25) is 0 Å². The minimum Gasteiger partial charge on any atom is -0.398 e. The molecule has 2 aromatic rings. The number of nitrogens with two attached hydrogens (primary N) is 1. The topological polar surface area (TPSA) is 38.9 Å². The molecule has 0 aliphatic rings. The molecule has 2 N–H and O–H groups in total. The van der Waals surface area contributed by atoms with Crippen LogP contribution >= 0.6 is 34.2 Å². The molecule has 0 bridgehead atoms. The first kappa shape index (κ1) is 13.7. The molecular weight excluding hydrogens is 379 g/mol. The van der Waals surface area contributed by atoms with Crippen molar-refractivity contribution >= 4 is 50.8 Å². The van der Waals surface area contributed by atoms with Gasteiger partial charge in [0, 0.05) is 25.2 Å². The second-order valence-corrected chi connectivity index (χ2v) is 5.38. The quantitative estimate of drug-likeness (QED) is 0.682. The second kappa shape index (κ2) is 4.41. The van der Waals surface area contributed by atoms with E-state index in [2.05, 4.69) is 4.98 Å². The summed E-state index contributed by atoms with van der Waals surface area (Å²) < 4.78 is 39.0. The second-order valence-electron chi connectivity index (χ2n) is 3.78. The number of nitrogen functional groups attached to an aromatic ring is 1. The van der Waals surface area contributed by atoms with Gasteiger partial charge in [0.1, 0.15) is 5.69 Å². The van der Waals surface area contributed by atoms with Gasteiger partial charge in [0.05, 0.1) is 5.52 Å². The Balaban J connectivity index is 2.93. The van der Waals surface area contributed by atoms with Gasteiger partial charge >= 0.3 is 6.18 Å². The Morgan fingerprint density at radius 2 is 1.94 bits per heavy atom. The summed E-state index contributed by atoms with van der Waals surface area (Å²) in [4.78, 5) is 3.68. The molecular formula is C11H7ClF3IN2. The number of benzene rings is 1. The molecule has 0 amide bonds. The van der Waals surface area contributed by atoms with E-state index in [4.69, 9.17) is 17.3 Å². The molecule has 0 saturated heterocycles. The maximum Gasteiger partial charge on any atom is 0.433 e. The molecule has 2 rings (SSSR count). The molecule has 0 unspecified atom stereocenters. The lowest BCUT2D eigenvalue weighted by atomic mass is 10.1. The molecule has 2 nitrogen and oxygen atoms in total. The van der Waals surface area contributed by atoms with Gasteiger partial charge in [-0.1, -0.05) is 11.6 Å². The van der Waals surface area contributed by atoms with E-state index in [0.717, 1.165) is 0 Å².